The zero-order valence-electron chi connectivity index (χ0n) is 11.7. The van der Waals surface area contributed by atoms with Gasteiger partial charge in [-0.3, -0.25) is 5.32 Å². The molecule has 1 heterocycles. The lowest BCUT2D eigenvalue weighted by Gasteiger charge is -2.23. The highest BCUT2D eigenvalue weighted by molar-refractivity contribution is 5.03. The van der Waals surface area contributed by atoms with Crippen LogP contribution in [0.25, 0.3) is 0 Å². The van der Waals surface area contributed by atoms with Crippen molar-refractivity contribution in [3.63, 3.8) is 0 Å². The number of nitriles is 1. The van der Waals surface area contributed by atoms with E-state index in [-0.39, 0.29) is 0 Å². The van der Waals surface area contributed by atoms with Crippen LogP contribution in [0, 0.1) is 17.2 Å². The van der Waals surface area contributed by atoms with Crippen LogP contribution in [0.5, 0.6) is 0 Å². The van der Waals surface area contributed by atoms with Crippen LogP contribution in [0.15, 0.2) is 0 Å². The van der Waals surface area contributed by atoms with Crippen LogP contribution in [0.3, 0.4) is 0 Å². The summed E-state index contributed by atoms with van der Waals surface area (Å²) >= 11 is 0. The summed E-state index contributed by atoms with van der Waals surface area (Å²) in [6, 6.07) is 2.34. The van der Waals surface area contributed by atoms with Gasteiger partial charge in [0.25, 0.3) is 0 Å². The summed E-state index contributed by atoms with van der Waals surface area (Å²) in [4.78, 5) is 0. The van der Waals surface area contributed by atoms with Crippen molar-refractivity contribution in [2.45, 2.75) is 45.1 Å². The zero-order valence-corrected chi connectivity index (χ0v) is 11.7. The SMILES string of the molecule is CCNC(C)(C#N)CCCOCC1CCOCC1. The molecule has 1 fully saturated rings. The minimum absolute atomic E-state index is 0.406. The number of ether oxygens (including phenoxy) is 2. The lowest BCUT2D eigenvalue weighted by Crippen LogP contribution is -2.40. The average molecular weight is 254 g/mol. The van der Waals surface area contributed by atoms with E-state index in [4.69, 9.17) is 14.7 Å². The van der Waals surface area contributed by atoms with Gasteiger partial charge in [-0.15, -0.1) is 0 Å². The quantitative estimate of drug-likeness (QED) is 0.674. The Kier molecular flexibility index (Phi) is 7.26. The number of nitrogens with one attached hydrogen (secondary N) is 1. The molecule has 4 heteroatoms. The summed E-state index contributed by atoms with van der Waals surface area (Å²) < 4.78 is 11.0. The minimum atomic E-state index is -0.406. The van der Waals surface area contributed by atoms with Gasteiger partial charge >= 0.3 is 0 Å². The number of hydrogen-bond acceptors (Lipinski definition) is 4. The summed E-state index contributed by atoms with van der Waals surface area (Å²) in [5.74, 6) is 0.662. The third-order valence-corrected chi connectivity index (χ3v) is 3.47. The van der Waals surface area contributed by atoms with E-state index in [0.717, 1.165) is 58.7 Å². The van der Waals surface area contributed by atoms with E-state index in [9.17, 15) is 0 Å². The van der Waals surface area contributed by atoms with Gasteiger partial charge in [0.2, 0.25) is 0 Å². The molecule has 0 aliphatic carbocycles. The summed E-state index contributed by atoms with van der Waals surface area (Å²) in [6.07, 6.45) is 4.01. The monoisotopic (exact) mass is 254 g/mol. The molecule has 1 aliphatic heterocycles. The first-order valence-corrected chi connectivity index (χ1v) is 7.02. The Labute approximate surface area is 111 Å². The van der Waals surface area contributed by atoms with Crippen LogP contribution in [0.4, 0.5) is 0 Å². The molecule has 0 amide bonds. The highest BCUT2D eigenvalue weighted by atomic mass is 16.5. The van der Waals surface area contributed by atoms with Crippen LogP contribution in [-0.2, 0) is 9.47 Å². The smallest absolute Gasteiger partial charge is 0.104 e. The molecule has 0 bridgehead atoms. The Hall–Kier alpha value is -0.630. The largest absolute Gasteiger partial charge is 0.381 e. The normalized spacial score (nSPS) is 20.3. The lowest BCUT2D eigenvalue weighted by atomic mass is 9.98. The Morgan fingerprint density at radius 2 is 2.17 bits per heavy atom. The van der Waals surface area contributed by atoms with E-state index < -0.39 is 5.54 Å². The standard InChI is InChI=1S/C14H26N2O2/c1-3-16-14(2,12-15)7-4-8-18-11-13-5-9-17-10-6-13/h13,16H,3-11H2,1-2H3. The maximum atomic E-state index is 9.11. The molecule has 0 spiro atoms. The molecule has 0 saturated carbocycles. The van der Waals surface area contributed by atoms with Gasteiger partial charge in [-0.05, 0) is 45.1 Å². The number of nitrogens with zero attached hydrogens (tertiary/aromatic N) is 1. The predicted molar refractivity (Wildman–Crippen MR) is 71.3 cm³/mol. The molecule has 104 valence electrons. The fourth-order valence-electron chi connectivity index (χ4n) is 2.26. The molecular formula is C14H26N2O2. The highest BCUT2D eigenvalue weighted by Crippen LogP contribution is 2.15. The fraction of sp³-hybridized carbons (Fsp3) is 0.929. The van der Waals surface area contributed by atoms with Crippen LogP contribution >= 0.6 is 0 Å². The van der Waals surface area contributed by atoms with Crippen molar-refractivity contribution in [3.8, 4) is 6.07 Å². The molecule has 0 aromatic carbocycles. The Morgan fingerprint density at radius 3 is 2.78 bits per heavy atom. The molecule has 18 heavy (non-hydrogen) atoms. The van der Waals surface area contributed by atoms with Gasteiger partial charge in [0.1, 0.15) is 5.54 Å². The summed E-state index contributed by atoms with van der Waals surface area (Å²) in [5, 5.41) is 12.3. The van der Waals surface area contributed by atoms with Crippen LogP contribution < -0.4 is 5.32 Å². The number of rotatable bonds is 8. The van der Waals surface area contributed by atoms with Gasteiger partial charge < -0.3 is 9.47 Å². The zero-order chi connectivity index (χ0) is 13.3. The first-order valence-electron chi connectivity index (χ1n) is 7.02. The predicted octanol–water partition coefficient (Wildman–Crippen LogP) is 2.10. The Bertz CT molecular complexity index is 259. The molecule has 1 atom stereocenters. The van der Waals surface area contributed by atoms with Gasteiger partial charge in [0.05, 0.1) is 6.07 Å². The maximum absolute atomic E-state index is 9.11. The second kappa shape index (κ2) is 8.47. The van der Waals surface area contributed by atoms with Crippen molar-refractivity contribution < 1.29 is 9.47 Å². The van der Waals surface area contributed by atoms with Crippen molar-refractivity contribution in [1.29, 1.82) is 5.26 Å². The Balaban J connectivity index is 2.05. The first-order chi connectivity index (χ1) is 8.70. The molecule has 0 aromatic heterocycles. The molecule has 1 saturated heterocycles. The van der Waals surface area contributed by atoms with E-state index in [1.54, 1.807) is 0 Å². The van der Waals surface area contributed by atoms with E-state index in [2.05, 4.69) is 11.4 Å². The summed E-state index contributed by atoms with van der Waals surface area (Å²) in [7, 11) is 0. The van der Waals surface area contributed by atoms with Gasteiger partial charge in [0, 0.05) is 26.4 Å². The van der Waals surface area contributed by atoms with Gasteiger partial charge in [-0.25, -0.2) is 0 Å². The Morgan fingerprint density at radius 1 is 1.44 bits per heavy atom. The summed E-state index contributed by atoms with van der Waals surface area (Å²) in [5.41, 5.74) is -0.406. The molecule has 0 radical (unpaired) electrons. The highest BCUT2D eigenvalue weighted by Gasteiger charge is 2.21. The second-order valence-electron chi connectivity index (χ2n) is 5.21. The van der Waals surface area contributed by atoms with Crippen molar-refractivity contribution in [2.24, 2.45) is 5.92 Å². The van der Waals surface area contributed by atoms with Gasteiger partial charge in [-0.1, -0.05) is 6.92 Å². The maximum Gasteiger partial charge on any atom is 0.104 e. The molecule has 1 aliphatic rings. The first kappa shape index (κ1) is 15.4. The molecule has 4 nitrogen and oxygen atoms in total. The van der Waals surface area contributed by atoms with E-state index in [1.165, 1.54) is 0 Å². The van der Waals surface area contributed by atoms with Crippen molar-refractivity contribution in [2.75, 3.05) is 33.0 Å². The molecule has 1 N–H and O–H groups in total. The molecule has 1 unspecified atom stereocenters. The lowest BCUT2D eigenvalue weighted by molar-refractivity contribution is 0.0192. The van der Waals surface area contributed by atoms with Crippen LogP contribution in [0.1, 0.15) is 39.5 Å². The van der Waals surface area contributed by atoms with Gasteiger partial charge in [0.15, 0.2) is 0 Å². The third-order valence-electron chi connectivity index (χ3n) is 3.47. The summed E-state index contributed by atoms with van der Waals surface area (Å²) in [6.45, 7) is 8.15. The topological polar surface area (TPSA) is 54.3 Å². The molecule has 1 rings (SSSR count). The minimum Gasteiger partial charge on any atom is -0.381 e. The van der Waals surface area contributed by atoms with E-state index in [1.807, 2.05) is 13.8 Å². The average Bonchev–Trinajstić information content (AvgIpc) is 2.40. The van der Waals surface area contributed by atoms with Crippen LogP contribution in [-0.4, -0.2) is 38.5 Å². The molecule has 0 aromatic rings. The molecular weight excluding hydrogens is 228 g/mol. The second-order valence-corrected chi connectivity index (χ2v) is 5.21. The fourth-order valence-corrected chi connectivity index (χ4v) is 2.26. The van der Waals surface area contributed by atoms with Crippen LogP contribution in [0.2, 0.25) is 0 Å². The van der Waals surface area contributed by atoms with Crippen molar-refractivity contribution in [1.82, 2.24) is 5.32 Å². The van der Waals surface area contributed by atoms with Gasteiger partial charge in [-0.2, -0.15) is 5.26 Å². The van der Waals surface area contributed by atoms with Crippen molar-refractivity contribution in [3.05, 3.63) is 0 Å². The van der Waals surface area contributed by atoms with E-state index in [0.29, 0.717) is 5.92 Å². The third kappa shape index (κ3) is 5.81. The van der Waals surface area contributed by atoms with Crippen molar-refractivity contribution >= 4 is 0 Å². The van der Waals surface area contributed by atoms with E-state index >= 15 is 0 Å². The number of hydrogen-bond donors (Lipinski definition) is 1.